The molecule has 3 rings (SSSR count). The molecule has 3 aromatic rings. The van der Waals surface area contributed by atoms with Crippen LogP contribution in [0.2, 0.25) is 0 Å². The first-order chi connectivity index (χ1) is 10.5. The summed E-state index contributed by atoms with van der Waals surface area (Å²) in [6.07, 6.45) is 0. The second-order valence-electron chi connectivity index (χ2n) is 5.07. The molecular weight excluding hydrogens is 300 g/mol. The zero-order valence-electron chi connectivity index (χ0n) is 12.4. The number of hydrogen-bond donors (Lipinski definition) is 1. The number of carbonyl (C=O) groups is 1. The van der Waals surface area contributed by atoms with Crippen molar-refractivity contribution in [2.75, 3.05) is 0 Å². The van der Waals surface area contributed by atoms with Crippen LogP contribution in [0, 0.1) is 20.8 Å². The number of aromatic carboxylic acids is 1. The molecule has 22 heavy (non-hydrogen) atoms. The number of nitrogens with zero attached hydrogens (tertiary/aromatic N) is 4. The highest BCUT2D eigenvalue weighted by Crippen LogP contribution is 2.28. The Morgan fingerprint density at radius 1 is 1.23 bits per heavy atom. The molecule has 112 valence electrons. The minimum Gasteiger partial charge on any atom is -0.476 e. The van der Waals surface area contributed by atoms with Crippen molar-refractivity contribution in [1.29, 1.82) is 0 Å². The predicted octanol–water partition coefficient (Wildman–Crippen LogP) is 3.01. The second kappa shape index (κ2) is 5.34. The number of rotatable bonds is 3. The van der Waals surface area contributed by atoms with Crippen LogP contribution >= 0.6 is 11.3 Å². The van der Waals surface area contributed by atoms with Crippen LogP contribution in [0.1, 0.15) is 27.3 Å². The van der Waals surface area contributed by atoms with Crippen LogP contribution in [-0.4, -0.2) is 31.1 Å². The van der Waals surface area contributed by atoms with Gasteiger partial charge in [0.05, 0.1) is 5.69 Å². The Bertz CT molecular complexity index is 866. The highest BCUT2D eigenvalue weighted by Gasteiger charge is 2.23. The fourth-order valence-electron chi connectivity index (χ4n) is 2.15. The maximum absolute atomic E-state index is 11.5. The van der Waals surface area contributed by atoms with Gasteiger partial charge in [-0.25, -0.2) is 9.78 Å². The van der Waals surface area contributed by atoms with Gasteiger partial charge in [-0.05, 0) is 38.0 Å². The van der Waals surface area contributed by atoms with Gasteiger partial charge in [-0.2, -0.15) is 4.68 Å². The van der Waals surface area contributed by atoms with Gasteiger partial charge in [-0.1, -0.05) is 17.3 Å². The summed E-state index contributed by atoms with van der Waals surface area (Å²) in [5, 5.41) is 19.7. The van der Waals surface area contributed by atoms with Crippen molar-refractivity contribution < 1.29 is 9.90 Å². The van der Waals surface area contributed by atoms with E-state index in [4.69, 9.17) is 0 Å². The molecule has 0 radical (unpaired) electrons. The van der Waals surface area contributed by atoms with E-state index in [2.05, 4.69) is 15.3 Å². The molecule has 2 heterocycles. The Labute approximate surface area is 131 Å². The van der Waals surface area contributed by atoms with Crippen LogP contribution in [0.25, 0.3) is 16.4 Å². The van der Waals surface area contributed by atoms with E-state index in [-0.39, 0.29) is 5.69 Å². The molecule has 0 bridgehead atoms. The van der Waals surface area contributed by atoms with Gasteiger partial charge in [0.25, 0.3) is 0 Å². The first-order valence-electron chi connectivity index (χ1n) is 6.66. The van der Waals surface area contributed by atoms with Crippen molar-refractivity contribution >= 4 is 17.3 Å². The molecule has 0 aliphatic carbocycles. The molecule has 1 aromatic carbocycles. The third-order valence-corrected chi connectivity index (χ3v) is 4.38. The number of carboxylic acid groups (broad SMARTS) is 1. The number of aromatic nitrogens is 4. The standard InChI is InChI=1S/C15H14N4O2S/c1-8-4-5-11(6-9(8)2)13-12(14(20)21)17-18-19(13)15-16-10(3)7-22-15/h4-7H,1-3H3,(H,20,21). The van der Waals surface area contributed by atoms with Gasteiger partial charge in [0.2, 0.25) is 5.13 Å². The smallest absolute Gasteiger partial charge is 0.358 e. The summed E-state index contributed by atoms with van der Waals surface area (Å²) in [5.74, 6) is -1.10. The molecule has 0 amide bonds. The van der Waals surface area contributed by atoms with Crippen LogP contribution in [-0.2, 0) is 0 Å². The van der Waals surface area contributed by atoms with Crippen molar-refractivity contribution in [1.82, 2.24) is 20.0 Å². The highest BCUT2D eigenvalue weighted by atomic mass is 32.1. The topological polar surface area (TPSA) is 80.9 Å². The van der Waals surface area contributed by atoms with E-state index in [1.165, 1.54) is 16.0 Å². The fourth-order valence-corrected chi connectivity index (χ4v) is 2.90. The Morgan fingerprint density at radius 2 is 2.00 bits per heavy atom. The molecule has 0 aliphatic heterocycles. The monoisotopic (exact) mass is 314 g/mol. The van der Waals surface area contributed by atoms with Gasteiger partial charge >= 0.3 is 5.97 Å². The number of thiazole rings is 1. The van der Waals surface area contributed by atoms with Crippen LogP contribution in [0.4, 0.5) is 0 Å². The van der Waals surface area contributed by atoms with E-state index in [0.29, 0.717) is 10.8 Å². The van der Waals surface area contributed by atoms with E-state index in [9.17, 15) is 9.90 Å². The zero-order chi connectivity index (χ0) is 15.9. The number of hydrogen-bond acceptors (Lipinski definition) is 5. The minimum atomic E-state index is -1.10. The summed E-state index contributed by atoms with van der Waals surface area (Å²) < 4.78 is 1.49. The Hall–Kier alpha value is -2.54. The molecule has 6 nitrogen and oxygen atoms in total. The lowest BCUT2D eigenvalue weighted by atomic mass is 10.0. The molecule has 2 aromatic heterocycles. The van der Waals surface area contributed by atoms with Gasteiger partial charge in [-0.3, -0.25) is 0 Å². The molecule has 1 N–H and O–H groups in total. The van der Waals surface area contributed by atoms with Crippen LogP contribution in [0.5, 0.6) is 0 Å². The molecule has 0 unspecified atom stereocenters. The molecule has 0 saturated carbocycles. The molecule has 0 fully saturated rings. The second-order valence-corrected chi connectivity index (χ2v) is 5.91. The number of carboxylic acids is 1. The Kier molecular flexibility index (Phi) is 3.50. The summed E-state index contributed by atoms with van der Waals surface area (Å²) >= 11 is 1.40. The quantitative estimate of drug-likeness (QED) is 0.803. The summed E-state index contributed by atoms with van der Waals surface area (Å²) in [6.45, 7) is 5.88. The normalized spacial score (nSPS) is 10.9. The molecule has 0 atom stereocenters. The third-order valence-electron chi connectivity index (χ3n) is 3.44. The Morgan fingerprint density at radius 3 is 2.59 bits per heavy atom. The van der Waals surface area contributed by atoms with Crippen LogP contribution < -0.4 is 0 Å². The van der Waals surface area contributed by atoms with Crippen molar-refractivity contribution in [2.45, 2.75) is 20.8 Å². The lowest BCUT2D eigenvalue weighted by molar-refractivity contribution is 0.0691. The largest absolute Gasteiger partial charge is 0.476 e. The van der Waals surface area contributed by atoms with E-state index in [0.717, 1.165) is 22.4 Å². The van der Waals surface area contributed by atoms with Gasteiger partial charge in [-0.15, -0.1) is 16.4 Å². The maximum Gasteiger partial charge on any atom is 0.358 e. The summed E-state index contributed by atoms with van der Waals surface area (Å²) in [7, 11) is 0. The first-order valence-corrected chi connectivity index (χ1v) is 7.54. The number of benzene rings is 1. The van der Waals surface area contributed by atoms with Gasteiger partial charge in [0, 0.05) is 10.9 Å². The van der Waals surface area contributed by atoms with Crippen LogP contribution in [0.15, 0.2) is 23.6 Å². The van der Waals surface area contributed by atoms with Gasteiger partial charge in [0.1, 0.15) is 5.69 Å². The van der Waals surface area contributed by atoms with Crippen molar-refractivity contribution in [3.8, 4) is 16.4 Å². The summed E-state index contributed by atoms with van der Waals surface area (Å²) in [5.41, 5.74) is 4.22. The zero-order valence-corrected chi connectivity index (χ0v) is 13.2. The van der Waals surface area contributed by atoms with Crippen molar-refractivity contribution in [3.05, 3.63) is 46.1 Å². The van der Waals surface area contributed by atoms with Crippen molar-refractivity contribution in [3.63, 3.8) is 0 Å². The predicted molar refractivity (Wildman–Crippen MR) is 83.6 cm³/mol. The average molecular weight is 314 g/mol. The average Bonchev–Trinajstić information content (AvgIpc) is 3.07. The van der Waals surface area contributed by atoms with E-state index in [1.807, 2.05) is 44.4 Å². The maximum atomic E-state index is 11.5. The Balaban J connectivity index is 2.25. The minimum absolute atomic E-state index is 0.0730. The lowest BCUT2D eigenvalue weighted by Gasteiger charge is -2.07. The lowest BCUT2D eigenvalue weighted by Crippen LogP contribution is -2.03. The molecule has 0 spiro atoms. The first kappa shape index (κ1) is 14.4. The van der Waals surface area contributed by atoms with Gasteiger partial charge in [0.15, 0.2) is 5.69 Å². The SMILES string of the molecule is Cc1csc(-n2nnc(C(=O)O)c2-c2ccc(C)c(C)c2)n1. The summed E-state index contributed by atoms with van der Waals surface area (Å²) in [6, 6.07) is 5.78. The number of aryl methyl sites for hydroxylation is 3. The molecule has 7 heteroatoms. The highest BCUT2D eigenvalue weighted by molar-refractivity contribution is 7.12. The van der Waals surface area contributed by atoms with E-state index in [1.54, 1.807) is 0 Å². The fraction of sp³-hybridized carbons (Fsp3) is 0.200. The third kappa shape index (κ3) is 2.39. The molecule has 0 saturated heterocycles. The van der Waals surface area contributed by atoms with E-state index < -0.39 is 5.97 Å². The van der Waals surface area contributed by atoms with Crippen LogP contribution in [0.3, 0.4) is 0 Å². The molecule has 0 aliphatic rings. The van der Waals surface area contributed by atoms with Crippen molar-refractivity contribution in [2.24, 2.45) is 0 Å². The summed E-state index contributed by atoms with van der Waals surface area (Å²) in [4.78, 5) is 15.8. The van der Waals surface area contributed by atoms with E-state index >= 15 is 0 Å². The van der Waals surface area contributed by atoms with Gasteiger partial charge < -0.3 is 5.11 Å². The molecular formula is C15H14N4O2S.